The summed E-state index contributed by atoms with van der Waals surface area (Å²) in [6, 6.07) is 9.99. The van der Waals surface area contributed by atoms with Crippen LogP contribution in [0.25, 0.3) is 0 Å². The van der Waals surface area contributed by atoms with E-state index in [1.54, 1.807) is 7.11 Å². The molecular formula is C16H16N2O2. The number of ketones is 1. The summed E-state index contributed by atoms with van der Waals surface area (Å²) in [4.78, 5) is 13.8. The van der Waals surface area contributed by atoms with E-state index in [-0.39, 0.29) is 11.2 Å². The van der Waals surface area contributed by atoms with Gasteiger partial charge in [-0.15, -0.1) is 0 Å². The molecule has 0 N–H and O–H groups in total. The van der Waals surface area contributed by atoms with Gasteiger partial charge < -0.3 is 9.64 Å². The fourth-order valence-corrected chi connectivity index (χ4v) is 2.99. The van der Waals surface area contributed by atoms with Crippen LogP contribution in [0, 0.1) is 16.7 Å². The van der Waals surface area contributed by atoms with Gasteiger partial charge in [-0.3, -0.25) is 4.79 Å². The van der Waals surface area contributed by atoms with Crippen molar-refractivity contribution in [1.82, 2.24) is 0 Å². The Morgan fingerprint density at radius 2 is 2.00 bits per heavy atom. The van der Waals surface area contributed by atoms with Crippen molar-refractivity contribution in [3.63, 3.8) is 0 Å². The van der Waals surface area contributed by atoms with E-state index in [1.807, 2.05) is 36.4 Å². The number of nitriles is 1. The largest absolute Gasteiger partial charge is 0.497 e. The fraction of sp³-hybridized carbons (Fsp3) is 0.375. The van der Waals surface area contributed by atoms with Crippen molar-refractivity contribution < 1.29 is 9.53 Å². The summed E-state index contributed by atoms with van der Waals surface area (Å²) in [5.41, 5.74) is 1.50. The molecule has 1 saturated heterocycles. The van der Waals surface area contributed by atoms with Gasteiger partial charge in [0.2, 0.25) is 0 Å². The summed E-state index contributed by atoms with van der Waals surface area (Å²) in [7, 11) is 1.65. The zero-order valence-electron chi connectivity index (χ0n) is 11.4. The SMILES string of the molecule is COc1ccc(N2CC3(C=C(C#N)C(=O)CC3)C2)cc1. The molecule has 1 spiro atoms. The first-order chi connectivity index (χ1) is 9.65. The smallest absolute Gasteiger partial charge is 0.173 e. The molecule has 1 heterocycles. The van der Waals surface area contributed by atoms with Crippen molar-refractivity contribution in [1.29, 1.82) is 5.26 Å². The van der Waals surface area contributed by atoms with Gasteiger partial charge in [0.25, 0.3) is 0 Å². The number of hydrogen-bond acceptors (Lipinski definition) is 4. The van der Waals surface area contributed by atoms with E-state index >= 15 is 0 Å². The zero-order valence-corrected chi connectivity index (χ0v) is 11.4. The number of rotatable bonds is 2. The van der Waals surface area contributed by atoms with Gasteiger partial charge in [0.05, 0.1) is 12.7 Å². The Labute approximate surface area is 118 Å². The zero-order chi connectivity index (χ0) is 14.2. The molecule has 1 aliphatic carbocycles. The van der Waals surface area contributed by atoms with Crippen LogP contribution in [0.5, 0.6) is 5.75 Å². The highest BCUT2D eigenvalue weighted by Gasteiger charge is 2.44. The van der Waals surface area contributed by atoms with Crippen molar-refractivity contribution in [3.8, 4) is 11.8 Å². The molecule has 0 amide bonds. The molecule has 1 aromatic carbocycles. The van der Waals surface area contributed by atoms with Crippen molar-refractivity contribution in [2.45, 2.75) is 12.8 Å². The first-order valence-corrected chi connectivity index (χ1v) is 6.71. The number of methoxy groups -OCH3 is 1. The predicted molar refractivity (Wildman–Crippen MR) is 75.6 cm³/mol. The number of anilines is 1. The lowest BCUT2D eigenvalue weighted by Gasteiger charge is -2.51. The lowest BCUT2D eigenvalue weighted by molar-refractivity contribution is -0.116. The summed E-state index contributed by atoms with van der Waals surface area (Å²) in [5, 5.41) is 8.99. The highest BCUT2D eigenvalue weighted by molar-refractivity contribution is 6.00. The molecule has 0 unspecified atom stereocenters. The van der Waals surface area contributed by atoms with E-state index in [1.165, 1.54) is 0 Å². The summed E-state index contributed by atoms with van der Waals surface area (Å²) < 4.78 is 5.15. The molecule has 102 valence electrons. The van der Waals surface area contributed by atoms with E-state index in [0.717, 1.165) is 30.9 Å². The normalized spacial score (nSPS) is 20.1. The third-order valence-corrected chi connectivity index (χ3v) is 4.17. The van der Waals surface area contributed by atoms with E-state index in [0.29, 0.717) is 12.0 Å². The molecule has 4 nitrogen and oxygen atoms in total. The standard InChI is InChI=1S/C16H16N2O2/c1-20-14-4-2-13(3-5-14)18-10-16(11-18)7-6-15(19)12(8-16)9-17/h2-5,8H,6-7,10-11H2,1H3. The molecule has 0 bridgehead atoms. The fourth-order valence-electron chi connectivity index (χ4n) is 2.99. The molecule has 0 aromatic heterocycles. The number of allylic oxidation sites excluding steroid dienone is 1. The van der Waals surface area contributed by atoms with Crippen molar-refractivity contribution in [2.75, 3.05) is 25.1 Å². The Kier molecular flexibility index (Phi) is 2.98. The maximum atomic E-state index is 11.6. The summed E-state index contributed by atoms with van der Waals surface area (Å²) in [5.74, 6) is 0.833. The van der Waals surface area contributed by atoms with Gasteiger partial charge in [0.1, 0.15) is 11.8 Å². The third kappa shape index (κ3) is 2.05. The average Bonchev–Trinajstić information content (AvgIpc) is 2.46. The highest BCUT2D eigenvalue weighted by atomic mass is 16.5. The molecule has 0 saturated carbocycles. The Balaban J connectivity index is 1.73. The number of hydrogen-bond donors (Lipinski definition) is 0. The molecule has 1 fully saturated rings. The van der Waals surface area contributed by atoms with Crippen LogP contribution in [0.3, 0.4) is 0 Å². The quantitative estimate of drug-likeness (QED) is 0.826. The second-order valence-corrected chi connectivity index (χ2v) is 5.51. The molecule has 4 heteroatoms. The lowest BCUT2D eigenvalue weighted by Crippen LogP contribution is -2.56. The first-order valence-electron chi connectivity index (χ1n) is 6.71. The van der Waals surface area contributed by atoms with Crippen molar-refractivity contribution >= 4 is 11.5 Å². The van der Waals surface area contributed by atoms with Gasteiger partial charge in [-0.05, 0) is 30.7 Å². The van der Waals surface area contributed by atoms with Crippen LogP contribution in [-0.2, 0) is 4.79 Å². The summed E-state index contributed by atoms with van der Waals surface area (Å²) in [6.07, 6.45) is 3.23. The van der Waals surface area contributed by atoms with Crippen molar-refractivity contribution in [3.05, 3.63) is 35.9 Å². The minimum atomic E-state index is -0.0129. The third-order valence-electron chi connectivity index (χ3n) is 4.17. The molecule has 2 aliphatic rings. The van der Waals surface area contributed by atoms with Crippen LogP contribution in [0.15, 0.2) is 35.9 Å². The maximum absolute atomic E-state index is 11.6. The molecule has 3 rings (SSSR count). The van der Waals surface area contributed by atoms with E-state index < -0.39 is 0 Å². The Hall–Kier alpha value is -2.28. The van der Waals surface area contributed by atoms with Crippen LogP contribution >= 0.6 is 0 Å². The molecule has 0 radical (unpaired) electrons. The predicted octanol–water partition coefficient (Wildman–Crippen LogP) is 2.31. The molecule has 0 atom stereocenters. The van der Waals surface area contributed by atoms with Gasteiger partial charge >= 0.3 is 0 Å². The molecule has 20 heavy (non-hydrogen) atoms. The van der Waals surface area contributed by atoms with Gasteiger partial charge in [-0.1, -0.05) is 6.08 Å². The van der Waals surface area contributed by atoms with Gasteiger partial charge in [-0.25, -0.2) is 0 Å². The minimum absolute atomic E-state index is 0.0128. The van der Waals surface area contributed by atoms with Crippen LogP contribution in [0.2, 0.25) is 0 Å². The van der Waals surface area contributed by atoms with Crippen molar-refractivity contribution in [2.24, 2.45) is 5.41 Å². The van der Waals surface area contributed by atoms with E-state index in [2.05, 4.69) is 4.90 Å². The highest BCUT2D eigenvalue weighted by Crippen LogP contribution is 2.43. The molecule has 1 aromatic rings. The number of nitrogens with zero attached hydrogens (tertiary/aromatic N) is 2. The van der Waals surface area contributed by atoms with E-state index in [4.69, 9.17) is 10.00 Å². The Morgan fingerprint density at radius 3 is 2.60 bits per heavy atom. The number of carbonyl (C=O) groups is 1. The number of benzene rings is 1. The monoisotopic (exact) mass is 268 g/mol. The van der Waals surface area contributed by atoms with Gasteiger partial charge in [0, 0.05) is 30.6 Å². The summed E-state index contributed by atoms with van der Waals surface area (Å²) >= 11 is 0. The maximum Gasteiger partial charge on any atom is 0.173 e. The molecular weight excluding hydrogens is 252 g/mol. The Bertz CT molecular complexity index is 604. The number of carbonyl (C=O) groups excluding carboxylic acids is 1. The molecule has 1 aliphatic heterocycles. The Morgan fingerprint density at radius 1 is 1.30 bits per heavy atom. The summed E-state index contributed by atoms with van der Waals surface area (Å²) in [6.45, 7) is 1.75. The van der Waals surface area contributed by atoms with E-state index in [9.17, 15) is 4.79 Å². The number of Topliss-reactive ketones (excluding diaryl/α,β-unsaturated/α-hetero) is 1. The van der Waals surface area contributed by atoms with Gasteiger partial charge in [0.15, 0.2) is 5.78 Å². The second-order valence-electron chi connectivity index (χ2n) is 5.51. The van der Waals surface area contributed by atoms with Crippen LogP contribution in [0.1, 0.15) is 12.8 Å². The van der Waals surface area contributed by atoms with Crippen LogP contribution in [0.4, 0.5) is 5.69 Å². The minimum Gasteiger partial charge on any atom is -0.497 e. The average molecular weight is 268 g/mol. The van der Waals surface area contributed by atoms with Crippen LogP contribution in [-0.4, -0.2) is 26.0 Å². The lowest BCUT2D eigenvalue weighted by atomic mass is 9.70. The number of ether oxygens (including phenoxy) is 1. The van der Waals surface area contributed by atoms with Crippen LogP contribution < -0.4 is 9.64 Å². The topological polar surface area (TPSA) is 53.3 Å². The van der Waals surface area contributed by atoms with Gasteiger partial charge in [-0.2, -0.15) is 5.26 Å². The second kappa shape index (κ2) is 4.68. The first kappa shape index (κ1) is 12.7.